The smallest absolute Gasteiger partial charge is 0.159 e. The maximum atomic E-state index is 13.6. The van der Waals surface area contributed by atoms with Gasteiger partial charge in [0, 0.05) is 30.4 Å². The van der Waals surface area contributed by atoms with Gasteiger partial charge in [-0.25, -0.2) is 0 Å². The highest BCUT2D eigenvalue weighted by Gasteiger charge is 2.54. The number of ether oxygens (including phenoxy) is 5. The van der Waals surface area contributed by atoms with E-state index in [0.717, 1.165) is 29.3 Å². The molecule has 0 bridgehead atoms. The quantitative estimate of drug-likeness (QED) is 0.725. The number of rotatable bonds is 3. The van der Waals surface area contributed by atoms with E-state index in [9.17, 15) is 4.79 Å². The van der Waals surface area contributed by atoms with E-state index in [-0.39, 0.29) is 41.8 Å². The third kappa shape index (κ3) is 2.83. The molecule has 3 aliphatic heterocycles. The summed E-state index contributed by atoms with van der Waals surface area (Å²) in [5.41, 5.74) is 1.13. The van der Waals surface area contributed by atoms with Crippen LogP contribution in [0.5, 0.6) is 0 Å². The van der Waals surface area contributed by atoms with Crippen LogP contribution in [-0.2, 0) is 28.5 Å². The van der Waals surface area contributed by atoms with Crippen molar-refractivity contribution in [1.82, 2.24) is 0 Å². The molecule has 0 aromatic heterocycles. The van der Waals surface area contributed by atoms with Crippen molar-refractivity contribution in [3.63, 3.8) is 0 Å². The summed E-state index contributed by atoms with van der Waals surface area (Å²) in [6.07, 6.45) is 6.86. The number of hydrogen-bond donors (Lipinski definition) is 0. The second-order valence-corrected chi connectivity index (χ2v) is 8.77. The van der Waals surface area contributed by atoms with E-state index in [0.29, 0.717) is 24.7 Å². The van der Waals surface area contributed by atoms with Crippen LogP contribution in [0.15, 0.2) is 46.8 Å². The molecule has 2 aliphatic carbocycles. The Hall–Kier alpha value is -2.21. The first-order valence-corrected chi connectivity index (χ1v) is 10.4. The number of Topliss-reactive ketones (excluding diaryl/α,β-unsaturated/α-hetero) is 1. The van der Waals surface area contributed by atoms with Crippen LogP contribution >= 0.6 is 0 Å². The Morgan fingerprint density at radius 3 is 2.72 bits per heavy atom. The van der Waals surface area contributed by atoms with Crippen LogP contribution in [-0.4, -0.2) is 44.9 Å². The number of carbonyl (C=O) groups excluding carboxylic acids is 1. The van der Waals surface area contributed by atoms with E-state index in [1.54, 1.807) is 14.2 Å². The summed E-state index contributed by atoms with van der Waals surface area (Å²) < 4.78 is 29.6. The van der Waals surface area contributed by atoms with Gasteiger partial charge in [0.25, 0.3) is 0 Å². The largest absolute Gasteiger partial charge is 0.497 e. The molecule has 29 heavy (non-hydrogen) atoms. The zero-order valence-corrected chi connectivity index (χ0v) is 17.3. The normalized spacial score (nSPS) is 37.8. The fraction of sp³-hybridized carbons (Fsp3) is 0.609. The maximum Gasteiger partial charge on any atom is 0.159 e. The lowest BCUT2D eigenvalue weighted by Gasteiger charge is -2.47. The highest BCUT2D eigenvalue weighted by Crippen LogP contribution is 2.49. The van der Waals surface area contributed by atoms with Crippen LogP contribution in [0.1, 0.15) is 26.7 Å². The minimum atomic E-state index is -0.261. The van der Waals surface area contributed by atoms with Gasteiger partial charge in [0.1, 0.15) is 41.9 Å². The van der Waals surface area contributed by atoms with Crippen LogP contribution < -0.4 is 0 Å². The first-order valence-electron chi connectivity index (χ1n) is 10.4. The summed E-state index contributed by atoms with van der Waals surface area (Å²) in [6, 6.07) is 0. The van der Waals surface area contributed by atoms with Crippen LogP contribution in [0.2, 0.25) is 0 Å². The van der Waals surface area contributed by atoms with Crippen molar-refractivity contribution >= 4 is 5.78 Å². The zero-order chi connectivity index (χ0) is 20.3. The lowest BCUT2D eigenvalue weighted by Crippen LogP contribution is -2.56. The number of allylic oxidation sites excluding steroid dienone is 4. The van der Waals surface area contributed by atoms with Crippen molar-refractivity contribution in [3.8, 4) is 0 Å². The molecule has 2 fully saturated rings. The molecule has 0 amide bonds. The monoisotopic (exact) mass is 400 g/mol. The number of fused-ring (bicyclic) bond motifs is 5. The summed E-state index contributed by atoms with van der Waals surface area (Å²) in [6.45, 7) is 4.70. The van der Waals surface area contributed by atoms with Gasteiger partial charge in [-0.3, -0.25) is 4.79 Å². The lowest BCUT2D eigenvalue weighted by atomic mass is 9.69. The molecule has 6 heteroatoms. The molecule has 2 saturated heterocycles. The Bertz CT molecular complexity index is 847. The molecule has 6 nitrogen and oxygen atoms in total. The fourth-order valence-electron chi connectivity index (χ4n) is 5.28. The molecular formula is C23H28O6. The van der Waals surface area contributed by atoms with Gasteiger partial charge in [-0.15, -0.1) is 0 Å². The number of hydrogen-bond acceptors (Lipinski definition) is 6. The third-order valence-corrected chi connectivity index (χ3v) is 6.90. The second kappa shape index (κ2) is 6.94. The first-order chi connectivity index (χ1) is 14.0. The molecule has 0 spiro atoms. The van der Waals surface area contributed by atoms with Gasteiger partial charge >= 0.3 is 0 Å². The van der Waals surface area contributed by atoms with Gasteiger partial charge in [0.05, 0.1) is 32.2 Å². The van der Waals surface area contributed by atoms with E-state index in [1.165, 1.54) is 0 Å². The van der Waals surface area contributed by atoms with Crippen LogP contribution in [0.3, 0.4) is 0 Å². The predicted molar refractivity (Wildman–Crippen MR) is 104 cm³/mol. The van der Waals surface area contributed by atoms with Crippen LogP contribution in [0.4, 0.5) is 0 Å². The highest BCUT2D eigenvalue weighted by atomic mass is 16.6. The second-order valence-electron chi connectivity index (χ2n) is 8.77. The molecule has 5 aliphatic rings. The Morgan fingerprint density at radius 2 is 2.00 bits per heavy atom. The van der Waals surface area contributed by atoms with Gasteiger partial charge in [0.15, 0.2) is 5.76 Å². The average molecular weight is 400 g/mol. The summed E-state index contributed by atoms with van der Waals surface area (Å²) in [5, 5.41) is 0. The van der Waals surface area contributed by atoms with E-state index in [4.69, 9.17) is 23.7 Å². The Morgan fingerprint density at radius 1 is 1.17 bits per heavy atom. The fourth-order valence-corrected chi connectivity index (χ4v) is 5.28. The van der Waals surface area contributed by atoms with Crippen LogP contribution in [0.25, 0.3) is 0 Å². The topological polar surface area (TPSA) is 63.2 Å². The predicted octanol–water partition coefficient (Wildman–Crippen LogP) is 3.26. The van der Waals surface area contributed by atoms with Gasteiger partial charge in [0.2, 0.25) is 0 Å². The molecule has 0 radical (unpaired) electrons. The first kappa shape index (κ1) is 18.8. The maximum absolute atomic E-state index is 13.6. The van der Waals surface area contributed by atoms with E-state index in [1.807, 2.05) is 18.2 Å². The average Bonchev–Trinajstić information content (AvgIpc) is 3.17. The minimum absolute atomic E-state index is 0.0805. The summed E-state index contributed by atoms with van der Waals surface area (Å²) in [5.74, 6) is 3.16. The molecule has 3 unspecified atom stereocenters. The van der Waals surface area contributed by atoms with Crippen molar-refractivity contribution in [3.05, 3.63) is 46.8 Å². The standard InChI is InChI=1S/C23H28O6/c1-11(2)16-8-14-15(28-16)6-5-12-22(24)21-13-7-18(25-3)19(26-4)9-17(13)27-10-20(21)29-23(12)14/h5-6,9,11-13,16,20-21,23H,7-8,10H2,1-4H3/t12?,13?,16-,20-,21-,23?/m1/s1. The zero-order valence-electron chi connectivity index (χ0n) is 17.3. The molecule has 3 heterocycles. The number of carbonyl (C=O) groups is 1. The van der Waals surface area contributed by atoms with Gasteiger partial charge in [-0.05, 0) is 12.0 Å². The summed E-state index contributed by atoms with van der Waals surface area (Å²) in [4.78, 5) is 13.6. The Balaban J connectivity index is 1.42. The van der Waals surface area contributed by atoms with Crippen molar-refractivity contribution < 1.29 is 28.5 Å². The third-order valence-electron chi connectivity index (χ3n) is 6.90. The Labute approximate surface area is 171 Å². The summed E-state index contributed by atoms with van der Waals surface area (Å²) in [7, 11) is 3.25. The SMILES string of the molecule is COC1=C(OC)CC2C(=C1)OC[C@H]1OC3C4=C(C=CC3C(=O)[C@H]21)O[C@@H](C(C)C)C4. The molecule has 0 N–H and O–H groups in total. The van der Waals surface area contributed by atoms with Gasteiger partial charge in [-0.1, -0.05) is 19.9 Å². The van der Waals surface area contributed by atoms with Gasteiger partial charge < -0.3 is 23.7 Å². The molecule has 5 rings (SSSR count). The van der Waals surface area contributed by atoms with Crippen molar-refractivity contribution in [2.45, 2.75) is 45.0 Å². The van der Waals surface area contributed by atoms with Crippen molar-refractivity contribution in [2.75, 3.05) is 20.8 Å². The van der Waals surface area contributed by atoms with Crippen LogP contribution in [0, 0.1) is 23.7 Å². The lowest BCUT2D eigenvalue weighted by molar-refractivity contribution is -0.171. The summed E-state index contributed by atoms with van der Waals surface area (Å²) >= 11 is 0. The van der Waals surface area contributed by atoms with Crippen molar-refractivity contribution in [2.24, 2.45) is 23.7 Å². The molecule has 156 valence electrons. The van der Waals surface area contributed by atoms with E-state index >= 15 is 0 Å². The van der Waals surface area contributed by atoms with Gasteiger partial charge in [-0.2, -0.15) is 0 Å². The van der Waals surface area contributed by atoms with E-state index in [2.05, 4.69) is 13.8 Å². The van der Waals surface area contributed by atoms with Crippen molar-refractivity contribution in [1.29, 1.82) is 0 Å². The number of ketones is 1. The molecule has 0 aromatic rings. The van der Waals surface area contributed by atoms with E-state index < -0.39 is 0 Å². The molecule has 6 atom stereocenters. The minimum Gasteiger partial charge on any atom is -0.497 e. The molecular weight excluding hydrogens is 372 g/mol. The Kier molecular flexibility index (Phi) is 4.50. The molecule has 0 saturated carbocycles. The number of methoxy groups -OCH3 is 2. The highest BCUT2D eigenvalue weighted by molar-refractivity contribution is 5.88. The molecule has 0 aromatic carbocycles.